The molecule has 0 spiro atoms. The van der Waals surface area contributed by atoms with Crippen LogP contribution in [0.1, 0.15) is 33.6 Å². The third-order valence-electron chi connectivity index (χ3n) is 3.32. The highest BCUT2D eigenvalue weighted by Crippen LogP contribution is 2.43. The summed E-state index contributed by atoms with van der Waals surface area (Å²) < 4.78 is 6.79. The lowest BCUT2D eigenvalue weighted by atomic mass is 9.67. The van der Waals surface area contributed by atoms with Crippen molar-refractivity contribution in [2.24, 2.45) is 11.3 Å². The molecular formula is C13H18BrNO. The van der Waals surface area contributed by atoms with Gasteiger partial charge in [-0.05, 0) is 52.2 Å². The molecule has 0 aliphatic heterocycles. The summed E-state index contributed by atoms with van der Waals surface area (Å²) in [7, 11) is 0. The zero-order valence-corrected chi connectivity index (χ0v) is 11.6. The van der Waals surface area contributed by atoms with E-state index in [0.717, 1.165) is 29.1 Å². The number of pyridine rings is 1. The first-order valence-electron chi connectivity index (χ1n) is 5.74. The van der Waals surface area contributed by atoms with Crippen molar-refractivity contribution in [1.29, 1.82) is 0 Å². The fraction of sp³-hybridized carbons (Fsp3) is 0.615. The minimum absolute atomic E-state index is 0.343. The van der Waals surface area contributed by atoms with Crippen molar-refractivity contribution in [2.75, 3.05) is 0 Å². The lowest BCUT2D eigenvalue weighted by molar-refractivity contribution is 0.00434. The van der Waals surface area contributed by atoms with Crippen LogP contribution in [0, 0.1) is 11.3 Å². The standard InChI is InChI=1S/C13H18BrNO/c1-13(2,3)9-7-10(8-9)16-12-11(14)5-4-6-15-12/h4-6,9-10H,7-8H2,1-3H3. The highest BCUT2D eigenvalue weighted by molar-refractivity contribution is 9.10. The summed E-state index contributed by atoms with van der Waals surface area (Å²) in [6, 6.07) is 3.86. The molecule has 0 atom stereocenters. The summed E-state index contributed by atoms with van der Waals surface area (Å²) in [5, 5.41) is 0. The average Bonchev–Trinajstić information content (AvgIpc) is 2.11. The minimum atomic E-state index is 0.343. The normalized spacial score (nSPS) is 25.0. The summed E-state index contributed by atoms with van der Waals surface area (Å²) >= 11 is 3.45. The first-order valence-corrected chi connectivity index (χ1v) is 6.53. The summed E-state index contributed by atoms with van der Waals surface area (Å²) in [5.74, 6) is 1.50. The monoisotopic (exact) mass is 283 g/mol. The van der Waals surface area contributed by atoms with E-state index < -0.39 is 0 Å². The number of hydrogen-bond donors (Lipinski definition) is 0. The Bertz CT molecular complexity index is 366. The van der Waals surface area contributed by atoms with Crippen molar-refractivity contribution in [1.82, 2.24) is 4.98 Å². The zero-order chi connectivity index (χ0) is 11.8. The molecule has 1 aromatic heterocycles. The number of ether oxygens (including phenoxy) is 1. The third-order valence-corrected chi connectivity index (χ3v) is 3.93. The number of halogens is 1. The van der Waals surface area contributed by atoms with Gasteiger partial charge in [-0.3, -0.25) is 0 Å². The summed E-state index contributed by atoms with van der Waals surface area (Å²) in [4.78, 5) is 4.22. The lowest BCUT2D eigenvalue weighted by Crippen LogP contribution is -2.40. The van der Waals surface area contributed by atoms with E-state index in [1.54, 1.807) is 6.20 Å². The van der Waals surface area contributed by atoms with Crippen molar-refractivity contribution in [2.45, 2.75) is 39.7 Å². The number of hydrogen-bond acceptors (Lipinski definition) is 2. The average molecular weight is 284 g/mol. The topological polar surface area (TPSA) is 22.1 Å². The van der Waals surface area contributed by atoms with Crippen LogP contribution in [0.2, 0.25) is 0 Å². The fourth-order valence-electron chi connectivity index (χ4n) is 1.98. The third kappa shape index (κ3) is 2.57. The maximum absolute atomic E-state index is 5.85. The Labute approximate surface area is 106 Å². The molecule has 2 rings (SSSR count). The molecule has 1 aromatic rings. The Hall–Kier alpha value is -0.570. The first kappa shape index (κ1) is 11.9. The van der Waals surface area contributed by atoms with Crippen molar-refractivity contribution in [3.05, 3.63) is 22.8 Å². The molecule has 0 unspecified atom stereocenters. The van der Waals surface area contributed by atoms with Gasteiger partial charge in [-0.1, -0.05) is 20.8 Å². The molecule has 2 nitrogen and oxygen atoms in total. The van der Waals surface area contributed by atoms with Crippen LogP contribution in [0.5, 0.6) is 5.88 Å². The van der Waals surface area contributed by atoms with Gasteiger partial charge < -0.3 is 4.74 Å². The molecule has 1 saturated carbocycles. The van der Waals surface area contributed by atoms with Crippen LogP contribution in [0.4, 0.5) is 0 Å². The maximum Gasteiger partial charge on any atom is 0.228 e. The Kier molecular flexibility index (Phi) is 3.24. The van der Waals surface area contributed by atoms with Crippen LogP contribution < -0.4 is 4.74 Å². The Morgan fingerprint density at radius 1 is 1.38 bits per heavy atom. The van der Waals surface area contributed by atoms with E-state index in [-0.39, 0.29) is 0 Å². The maximum atomic E-state index is 5.85. The van der Waals surface area contributed by atoms with Gasteiger partial charge in [0.05, 0.1) is 4.47 Å². The van der Waals surface area contributed by atoms with Crippen LogP contribution >= 0.6 is 15.9 Å². The summed E-state index contributed by atoms with van der Waals surface area (Å²) in [6.45, 7) is 6.89. The molecule has 16 heavy (non-hydrogen) atoms. The van der Waals surface area contributed by atoms with Gasteiger partial charge in [0.2, 0.25) is 5.88 Å². The molecule has 0 amide bonds. The van der Waals surface area contributed by atoms with Gasteiger partial charge in [0.15, 0.2) is 0 Å². The van der Waals surface area contributed by atoms with Crippen LogP contribution in [0.15, 0.2) is 22.8 Å². The molecule has 0 bridgehead atoms. The van der Waals surface area contributed by atoms with E-state index in [4.69, 9.17) is 4.74 Å². The molecule has 0 saturated heterocycles. The van der Waals surface area contributed by atoms with E-state index in [0.29, 0.717) is 11.5 Å². The second-order valence-corrected chi connectivity index (χ2v) is 6.42. The van der Waals surface area contributed by atoms with E-state index in [1.807, 2.05) is 12.1 Å². The molecule has 0 aromatic carbocycles. The predicted octanol–water partition coefficient (Wildman–Crippen LogP) is 4.05. The van der Waals surface area contributed by atoms with Crippen LogP contribution in [-0.2, 0) is 0 Å². The molecule has 1 aliphatic rings. The quantitative estimate of drug-likeness (QED) is 0.817. The van der Waals surface area contributed by atoms with Gasteiger partial charge >= 0.3 is 0 Å². The molecule has 3 heteroatoms. The Balaban J connectivity index is 1.89. The predicted molar refractivity (Wildman–Crippen MR) is 68.5 cm³/mol. The number of aromatic nitrogens is 1. The van der Waals surface area contributed by atoms with Crippen LogP contribution in [-0.4, -0.2) is 11.1 Å². The van der Waals surface area contributed by atoms with Gasteiger partial charge in [-0.25, -0.2) is 4.98 Å². The van der Waals surface area contributed by atoms with Crippen molar-refractivity contribution in [3.8, 4) is 5.88 Å². The molecule has 1 fully saturated rings. The lowest BCUT2D eigenvalue weighted by Gasteiger charge is -2.43. The smallest absolute Gasteiger partial charge is 0.228 e. The molecular weight excluding hydrogens is 266 g/mol. The van der Waals surface area contributed by atoms with Crippen molar-refractivity contribution in [3.63, 3.8) is 0 Å². The Morgan fingerprint density at radius 2 is 2.06 bits per heavy atom. The molecule has 1 heterocycles. The SMILES string of the molecule is CC(C)(C)C1CC(Oc2ncccc2Br)C1. The molecule has 0 radical (unpaired) electrons. The molecule has 0 N–H and O–H groups in total. The van der Waals surface area contributed by atoms with Gasteiger partial charge in [-0.15, -0.1) is 0 Å². The van der Waals surface area contributed by atoms with Crippen LogP contribution in [0.3, 0.4) is 0 Å². The highest BCUT2D eigenvalue weighted by Gasteiger charge is 2.38. The van der Waals surface area contributed by atoms with Gasteiger partial charge in [0.25, 0.3) is 0 Å². The molecule has 1 aliphatic carbocycles. The largest absolute Gasteiger partial charge is 0.474 e. The zero-order valence-electron chi connectivity index (χ0n) is 10.0. The fourth-order valence-corrected chi connectivity index (χ4v) is 2.33. The Morgan fingerprint density at radius 3 is 2.62 bits per heavy atom. The second-order valence-electron chi connectivity index (χ2n) is 5.56. The van der Waals surface area contributed by atoms with Crippen molar-refractivity contribution < 1.29 is 4.74 Å². The van der Waals surface area contributed by atoms with Gasteiger partial charge in [0, 0.05) is 6.20 Å². The van der Waals surface area contributed by atoms with E-state index >= 15 is 0 Å². The van der Waals surface area contributed by atoms with Crippen LogP contribution in [0.25, 0.3) is 0 Å². The number of rotatable bonds is 2. The van der Waals surface area contributed by atoms with E-state index in [9.17, 15) is 0 Å². The van der Waals surface area contributed by atoms with E-state index in [2.05, 4.69) is 41.7 Å². The van der Waals surface area contributed by atoms with E-state index in [1.165, 1.54) is 0 Å². The van der Waals surface area contributed by atoms with Gasteiger partial charge in [0.1, 0.15) is 6.10 Å². The molecule has 88 valence electrons. The number of nitrogens with zero attached hydrogens (tertiary/aromatic N) is 1. The summed E-state index contributed by atoms with van der Waals surface area (Å²) in [6.07, 6.45) is 4.40. The first-order chi connectivity index (χ1) is 7.47. The van der Waals surface area contributed by atoms with Crippen molar-refractivity contribution >= 4 is 15.9 Å². The second kappa shape index (κ2) is 4.36. The highest BCUT2D eigenvalue weighted by atomic mass is 79.9. The summed E-state index contributed by atoms with van der Waals surface area (Å²) in [5.41, 5.74) is 0.404. The van der Waals surface area contributed by atoms with Gasteiger partial charge in [-0.2, -0.15) is 0 Å². The minimum Gasteiger partial charge on any atom is -0.474 e.